The number of amides is 1. The van der Waals surface area contributed by atoms with Crippen molar-refractivity contribution in [3.05, 3.63) is 27.9 Å². The monoisotopic (exact) mass is 341 g/mol. The van der Waals surface area contributed by atoms with Gasteiger partial charge in [-0.25, -0.2) is 4.98 Å². The molecule has 0 aliphatic carbocycles. The van der Waals surface area contributed by atoms with Crippen molar-refractivity contribution in [2.75, 3.05) is 5.32 Å². The Morgan fingerprint density at radius 2 is 2.32 bits per heavy atom. The first-order valence-corrected chi connectivity index (χ1v) is 9.30. The lowest BCUT2D eigenvalue weighted by Crippen LogP contribution is -2.29. The maximum atomic E-state index is 12.3. The second-order valence-corrected chi connectivity index (χ2v) is 7.66. The fourth-order valence-electron chi connectivity index (χ4n) is 1.79. The van der Waals surface area contributed by atoms with E-state index in [0.717, 1.165) is 23.5 Å². The SMILES string of the molecule is CCCc1nc(CS(=O)C(C)C(=O)Nc2cc(C)on2)cs1. The van der Waals surface area contributed by atoms with E-state index in [1.165, 1.54) is 0 Å². The number of aryl methyl sites for hydroxylation is 2. The molecule has 2 aromatic rings. The number of carbonyl (C=O) groups excluding carboxylic acids is 1. The molecule has 8 heteroatoms. The van der Waals surface area contributed by atoms with Crippen LogP contribution < -0.4 is 5.32 Å². The predicted molar refractivity (Wildman–Crippen MR) is 87.3 cm³/mol. The van der Waals surface area contributed by atoms with Gasteiger partial charge >= 0.3 is 0 Å². The first-order chi connectivity index (χ1) is 10.5. The molecule has 1 N–H and O–H groups in total. The minimum Gasteiger partial charge on any atom is -0.360 e. The van der Waals surface area contributed by atoms with Gasteiger partial charge in [0, 0.05) is 22.2 Å². The number of carbonyl (C=O) groups is 1. The van der Waals surface area contributed by atoms with Crippen molar-refractivity contribution in [1.29, 1.82) is 0 Å². The molecule has 2 aromatic heterocycles. The molecular weight excluding hydrogens is 322 g/mol. The Bertz CT molecular complexity index is 666. The van der Waals surface area contributed by atoms with Crippen LogP contribution in [0.5, 0.6) is 0 Å². The van der Waals surface area contributed by atoms with Gasteiger partial charge in [-0.15, -0.1) is 11.3 Å². The molecule has 0 aromatic carbocycles. The molecule has 0 aliphatic heterocycles. The van der Waals surface area contributed by atoms with E-state index in [-0.39, 0.29) is 11.7 Å². The summed E-state index contributed by atoms with van der Waals surface area (Å²) in [4.78, 5) is 16.5. The topological polar surface area (TPSA) is 85.1 Å². The zero-order valence-electron chi connectivity index (χ0n) is 12.8. The summed E-state index contributed by atoms with van der Waals surface area (Å²) >= 11 is 1.57. The highest BCUT2D eigenvalue weighted by molar-refractivity contribution is 7.85. The Hall–Kier alpha value is -1.54. The highest BCUT2D eigenvalue weighted by atomic mass is 32.2. The Morgan fingerprint density at radius 3 is 2.95 bits per heavy atom. The molecule has 0 fully saturated rings. The molecule has 6 nitrogen and oxygen atoms in total. The third-order valence-electron chi connectivity index (χ3n) is 3.00. The van der Waals surface area contributed by atoms with Crippen molar-refractivity contribution in [2.45, 2.75) is 44.6 Å². The average molecular weight is 341 g/mol. The molecule has 0 saturated heterocycles. The summed E-state index contributed by atoms with van der Waals surface area (Å²) in [5, 5.41) is 8.60. The standard InChI is InChI=1S/C14H19N3O3S2/c1-4-5-13-15-11(7-21-13)8-22(19)10(3)14(18)16-12-6-9(2)20-17-12/h6-7,10H,4-5,8H2,1-3H3,(H,16,17,18). The number of anilines is 1. The van der Waals surface area contributed by atoms with E-state index in [4.69, 9.17) is 4.52 Å². The van der Waals surface area contributed by atoms with Crippen molar-refractivity contribution in [2.24, 2.45) is 0 Å². The van der Waals surface area contributed by atoms with E-state index >= 15 is 0 Å². The van der Waals surface area contributed by atoms with Crippen LogP contribution in [0, 0.1) is 6.92 Å². The number of hydrogen-bond donors (Lipinski definition) is 1. The Labute approximate surface area is 135 Å². The highest BCUT2D eigenvalue weighted by Gasteiger charge is 2.22. The van der Waals surface area contributed by atoms with Crippen LogP contribution >= 0.6 is 11.3 Å². The minimum absolute atomic E-state index is 0.284. The number of hydrogen-bond acceptors (Lipinski definition) is 6. The molecule has 2 unspecified atom stereocenters. The van der Waals surface area contributed by atoms with Gasteiger partial charge in [-0.2, -0.15) is 0 Å². The highest BCUT2D eigenvalue weighted by Crippen LogP contribution is 2.15. The van der Waals surface area contributed by atoms with Gasteiger partial charge < -0.3 is 9.84 Å². The van der Waals surface area contributed by atoms with Crippen LogP contribution in [0.2, 0.25) is 0 Å². The summed E-state index contributed by atoms with van der Waals surface area (Å²) < 4.78 is 17.2. The van der Waals surface area contributed by atoms with E-state index < -0.39 is 16.0 Å². The summed E-state index contributed by atoms with van der Waals surface area (Å²) in [7, 11) is -1.33. The van der Waals surface area contributed by atoms with E-state index in [1.807, 2.05) is 5.38 Å². The molecule has 0 radical (unpaired) electrons. The van der Waals surface area contributed by atoms with E-state index in [0.29, 0.717) is 11.6 Å². The normalized spacial score (nSPS) is 13.8. The first-order valence-electron chi connectivity index (χ1n) is 7.04. The smallest absolute Gasteiger partial charge is 0.241 e. The van der Waals surface area contributed by atoms with Gasteiger partial charge in [0.1, 0.15) is 11.0 Å². The molecule has 0 spiro atoms. The summed E-state index contributed by atoms with van der Waals surface area (Å²) in [6.45, 7) is 5.47. The van der Waals surface area contributed by atoms with Crippen LogP contribution in [0.3, 0.4) is 0 Å². The van der Waals surface area contributed by atoms with Crippen molar-refractivity contribution >= 4 is 33.9 Å². The second-order valence-electron chi connectivity index (χ2n) is 4.96. The summed E-state index contributed by atoms with van der Waals surface area (Å²) in [6.07, 6.45) is 1.96. The summed E-state index contributed by atoms with van der Waals surface area (Å²) in [5.41, 5.74) is 0.781. The molecule has 0 saturated carbocycles. The molecule has 120 valence electrons. The maximum absolute atomic E-state index is 12.3. The molecule has 0 aliphatic rings. The number of aromatic nitrogens is 2. The zero-order chi connectivity index (χ0) is 16.1. The van der Waals surface area contributed by atoms with Crippen LogP contribution in [0.15, 0.2) is 16.0 Å². The number of nitrogens with zero attached hydrogens (tertiary/aromatic N) is 2. The molecular formula is C14H19N3O3S2. The van der Waals surface area contributed by atoms with Crippen molar-refractivity contribution in [3.63, 3.8) is 0 Å². The molecule has 0 bridgehead atoms. The summed E-state index contributed by atoms with van der Waals surface area (Å²) in [5.74, 6) is 0.892. The molecule has 2 rings (SSSR count). The Kier molecular flexibility index (Phi) is 5.84. The van der Waals surface area contributed by atoms with Crippen LogP contribution in [0.25, 0.3) is 0 Å². The molecule has 2 heterocycles. The zero-order valence-corrected chi connectivity index (χ0v) is 14.4. The van der Waals surface area contributed by atoms with E-state index in [1.54, 1.807) is 31.3 Å². The van der Waals surface area contributed by atoms with Gasteiger partial charge in [0.2, 0.25) is 5.91 Å². The second kappa shape index (κ2) is 7.64. The summed E-state index contributed by atoms with van der Waals surface area (Å²) in [6, 6.07) is 1.62. The maximum Gasteiger partial charge on any atom is 0.241 e. The predicted octanol–water partition coefficient (Wildman–Crippen LogP) is 2.67. The van der Waals surface area contributed by atoms with Crippen LogP contribution in [0.4, 0.5) is 5.82 Å². The lowest BCUT2D eigenvalue weighted by Gasteiger charge is -2.09. The molecule has 1 amide bonds. The molecule has 22 heavy (non-hydrogen) atoms. The Balaban J connectivity index is 1.91. The van der Waals surface area contributed by atoms with Gasteiger partial charge in [-0.05, 0) is 26.7 Å². The molecule has 2 atom stereocenters. The number of thiazole rings is 1. The van der Waals surface area contributed by atoms with E-state index in [2.05, 4.69) is 22.4 Å². The third kappa shape index (κ3) is 4.48. The lowest BCUT2D eigenvalue weighted by molar-refractivity contribution is -0.115. The first kappa shape index (κ1) is 16.8. The third-order valence-corrected chi connectivity index (χ3v) is 5.54. The fraction of sp³-hybridized carbons (Fsp3) is 0.500. The Morgan fingerprint density at radius 1 is 1.55 bits per heavy atom. The quantitative estimate of drug-likeness (QED) is 0.837. The van der Waals surface area contributed by atoms with E-state index in [9.17, 15) is 9.00 Å². The minimum atomic E-state index is -1.33. The van der Waals surface area contributed by atoms with Crippen molar-refractivity contribution in [3.8, 4) is 0 Å². The van der Waals surface area contributed by atoms with Gasteiger partial charge in [0.05, 0.1) is 16.5 Å². The van der Waals surface area contributed by atoms with Gasteiger partial charge in [0.15, 0.2) is 5.82 Å². The fourth-order valence-corrected chi connectivity index (χ4v) is 3.78. The van der Waals surface area contributed by atoms with Crippen molar-refractivity contribution < 1.29 is 13.5 Å². The van der Waals surface area contributed by atoms with Crippen LogP contribution in [-0.2, 0) is 27.8 Å². The van der Waals surface area contributed by atoms with Crippen LogP contribution in [0.1, 0.15) is 36.7 Å². The van der Waals surface area contributed by atoms with Crippen molar-refractivity contribution in [1.82, 2.24) is 10.1 Å². The van der Waals surface area contributed by atoms with Gasteiger partial charge in [-0.3, -0.25) is 9.00 Å². The number of nitrogens with one attached hydrogen (secondary N) is 1. The number of rotatable bonds is 7. The lowest BCUT2D eigenvalue weighted by atomic mass is 10.3. The largest absolute Gasteiger partial charge is 0.360 e. The van der Waals surface area contributed by atoms with Crippen LogP contribution in [-0.4, -0.2) is 25.5 Å². The van der Waals surface area contributed by atoms with Gasteiger partial charge in [-0.1, -0.05) is 12.1 Å². The van der Waals surface area contributed by atoms with Gasteiger partial charge in [0.25, 0.3) is 0 Å². The average Bonchev–Trinajstić information content (AvgIpc) is 3.07.